The van der Waals surface area contributed by atoms with Crippen molar-refractivity contribution in [2.24, 2.45) is 0 Å². The van der Waals surface area contributed by atoms with E-state index >= 15 is 0 Å². The fourth-order valence-electron chi connectivity index (χ4n) is 1.00. The minimum atomic E-state index is -0.830. The summed E-state index contributed by atoms with van der Waals surface area (Å²) in [7, 11) is 0. The van der Waals surface area contributed by atoms with Gasteiger partial charge in [-0.15, -0.1) is 11.8 Å². The molecule has 0 aliphatic heterocycles. The first-order valence-electron chi connectivity index (χ1n) is 3.84. The number of rotatable bonds is 3. The van der Waals surface area contributed by atoms with Crippen molar-refractivity contribution in [3.8, 4) is 0 Å². The first-order chi connectivity index (χ1) is 5.57. The van der Waals surface area contributed by atoms with E-state index in [0.29, 0.717) is 4.91 Å². The number of aliphatic carboxylic acids is 1. The van der Waals surface area contributed by atoms with Crippen LogP contribution in [0.15, 0.2) is 23.1 Å². The van der Waals surface area contributed by atoms with Crippen molar-refractivity contribution < 1.29 is 9.90 Å². The maximum absolute atomic E-state index is 10.6. The van der Waals surface area contributed by atoms with Crippen LogP contribution in [0.25, 0.3) is 0 Å². The van der Waals surface area contributed by atoms with Crippen LogP contribution in [0.1, 0.15) is 20.3 Å². The minimum Gasteiger partial charge on any atom is -0.477 e. The maximum atomic E-state index is 10.6. The van der Waals surface area contributed by atoms with Crippen molar-refractivity contribution in [3.63, 3.8) is 0 Å². The van der Waals surface area contributed by atoms with Crippen molar-refractivity contribution in [2.75, 3.05) is 0 Å². The molecule has 0 bridgehead atoms. The molecule has 3 heteroatoms. The second kappa shape index (κ2) is 3.35. The fourth-order valence-corrected chi connectivity index (χ4v) is 2.05. The average molecular weight is 184 g/mol. The standard InChI is InChI=1S/C9H12O2S/c1-3-7(8(10)11)12-9(2)5-4-6-9/h3-5H,6H2,1-2H3,(H,10,11)/b7-3-. The molecule has 0 heterocycles. The Labute approximate surface area is 76.4 Å². The van der Waals surface area contributed by atoms with E-state index in [1.807, 2.05) is 13.0 Å². The summed E-state index contributed by atoms with van der Waals surface area (Å²) in [5.41, 5.74) is 0. The molecule has 0 fully saturated rings. The van der Waals surface area contributed by atoms with Gasteiger partial charge in [0.05, 0.1) is 4.91 Å². The highest BCUT2D eigenvalue weighted by molar-refractivity contribution is 8.05. The molecule has 0 aromatic heterocycles. The lowest BCUT2D eigenvalue weighted by molar-refractivity contribution is -0.131. The van der Waals surface area contributed by atoms with Gasteiger partial charge in [0.15, 0.2) is 0 Å². The lowest BCUT2D eigenvalue weighted by Crippen LogP contribution is -2.23. The van der Waals surface area contributed by atoms with Gasteiger partial charge in [-0.2, -0.15) is 0 Å². The van der Waals surface area contributed by atoms with Crippen LogP contribution in [-0.4, -0.2) is 15.8 Å². The SMILES string of the molecule is C/C=C(\SC1(C)C=CC1)C(=O)O. The Morgan fingerprint density at radius 3 is 2.58 bits per heavy atom. The average Bonchev–Trinajstić information content (AvgIpc) is 1.96. The van der Waals surface area contributed by atoms with Crippen molar-refractivity contribution in [2.45, 2.75) is 25.0 Å². The third-order valence-corrected chi connectivity index (χ3v) is 3.21. The number of thioether (sulfide) groups is 1. The molecule has 0 spiro atoms. The van der Waals surface area contributed by atoms with Crippen molar-refractivity contribution >= 4 is 17.7 Å². The Hall–Kier alpha value is -0.700. The first-order valence-corrected chi connectivity index (χ1v) is 4.65. The smallest absolute Gasteiger partial charge is 0.341 e. The lowest BCUT2D eigenvalue weighted by atomic mass is 9.97. The van der Waals surface area contributed by atoms with Crippen LogP contribution in [0.5, 0.6) is 0 Å². The molecule has 12 heavy (non-hydrogen) atoms. The molecule has 1 unspecified atom stereocenters. The van der Waals surface area contributed by atoms with E-state index in [9.17, 15) is 4.79 Å². The van der Waals surface area contributed by atoms with Gasteiger partial charge < -0.3 is 5.11 Å². The second-order valence-electron chi connectivity index (χ2n) is 2.98. The summed E-state index contributed by atoms with van der Waals surface area (Å²) < 4.78 is 0.0141. The molecular weight excluding hydrogens is 172 g/mol. The molecule has 0 radical (unpaired) electrons. The predicted molar refractivity (Wildman–Crippen MR) is 51.1 cm³/mol. The summed E-state index contributed by atoms with van der Waals surface area (Å²) in [4.78, 5) is 11.1. The van der Waals surface area contributed by atoms with Crippen LogP contribution < -0.4 is 0 Å². The molecule has 1 aliphatic rings. The quantitative estimate of drug-likeness (QED) is 0.540. The fraction of sp³-hybridized carbons (Fsp3) is 0.444. The number of allylic oxidation sites excluding steroid dienone is 2. The van der Waals surface area contributed by atoms with Crippen molar-refractivity contribution in [1.29, 1.82) is 0 Å². The van der Waals surface area contributed by atoms with Gasteiger partial charge in [-0.05, 0) is 20.3 Å². The highest BCUT2D eigenvalue weighted by Gasteiger charge is 2.29. The lowest BCUT2D eigenvalue weighted by Gasteiger charge is -2.30. The highest BCUT2D eigenvalue weighted by Crippen LogP contribution is 2.41. The summed E-state index contributed by atoms with van der Waals surface area (Å²) in [5, 5.41) is 8.74. The Morgan fingerprint density at radius 1 is 1.75 bits per heavy atom. The van der Waals surface area contributed by atoms with E-state index in [4.69, 9.17) is 5.11 Å². The molecule has 1 N–H and O–H groups in total. The number of carboxylic acid groups (broad SMARTS) is 1. The molecule has 1 rings (SSSR count). The highest BCUT2D eigenvalue weighted by atomic mass is 32.2. The second-order valence-corrected chi connectivity index (χ2v) is 4.56. The third-order valence-electron chi connectivity index (χ3n) is 1.81. The van der Waals surface area contributed by atoms with E-state index in [0.717, 1.165) is 6.42 Å². The largest absolute Gasteiger partial charge is 0.477 e. The van der Waals surface area contributed by atoms with Crippen LogP contribution in [0.2, 0.25) is 0 Å². The molecule has 66 valence electrons. The minimum absolute atomic E-state index is 0.0141. The van der Waals surface area contributed by atoms with E-state index < -0.39 is 5.97 Å². The summed E-state index contributed by atoms with van der Waals surface area (Å²) in [5.74, 6) is -0.830. The van der Waals surface area contributed by atoms with Gasteiger partial charge in [0.2, 0.25) is 0 Å². The Morgan fingerprint density at radius 2 is 2.33 bits per heavy atom. The molecule has 1 atom stereocenters. The first kappa shape index (κ1) is 9.39. The zero-order chi connectivity index (χ0) is 9.19. The van der Waals surface area contributed by atoms with Gasteiger partial charge >= 0.3 is 5.97 Å². The summed E-state index contributed by atoms with van der Waals surface area (Å²) in [6.07, 6.45) is 6.71. The van der Waals surface area contributed by atoms with Crippen LogP contribution in [0.3, 0.4) is 0 Å². The molecule has 0 saturated carbocycles. The van der Waals surface area contributed by atoms with E-state index in [-0.39, 0.29) is 4.75 Å². The Balaban J connectivity index is 2.61. The number of carbonyl (C=O) groups is 1. The zero-order valence-electron chi connectivity index (χ0n) is 7.20. The van der Waals surface area contributed by atoms with Gasteiger partial charge in [-0.1, -0.05) is 18.2 Å². The van der Waals surface area contributed by atoms with Gasteiger partial charge in [-0.25, -0.2) is 4.79 Å². The van der Waals surface area contributed by atoms with Crippen molar-refractivity contribution in [1.82, 2.24) is 0 Å². The van der Waals surface area contributed by atoms with Crippen LogP contribution >= 0.6 is 11.8 Å². The zero-order valence-corrected chi connectivity index (χ0v) is 8.02. The predicted octanol–water partition coefficient (Wildman–Crippen LogP) is 2.43. The van der Waals surface area contributed by atoms with E-state index in [1.54, 1.807) is 13.0 Å². The van der Waals surface area contributed by atoms with Crippen LogP contribution in [0, 0.1) is 0 Å². The summed E-state index contributed by atoms with van der Waals surface area (Å²) >= 11 is 1.42. The monoisotopic (exact) mass is 184 g/mol. The van der Waals surface area contributed by atoms with E-state index in [1.165, 1.54) is 11.8 Å². The van der Waals surface area contributed by atoms with Crippen LogP contribution in [0.4, 0.5) is 0 Å². The molecule has 1 aliphatic carbocycles. The molecule has 0 saturated heterocycles. The van der Waals surface area contributed by atoms with Gasteiger partial charge in [0.25, 0.3) is 0 Å². The van der Waals surface area contributed by atoms with Crippen LogP contribution in [-0.2, 0) is 4.79 Å². The number of carboxylic acids is 1. The molecule has 0 aromatic rings. The van der Waals surface area contributed by atoms with Gasteiger partial charge in [0.1, 0.15) is 0 Å². The summed E-state index contributed by atoms with van der Waals surface area (Å²) in [6, 6.07) is 0. The molecule has 2 nitrogen and oxygen atoms in total. The Bertz CT molecular complexity index is 255. The summed E-state index contributed by atoms with van der Waals surface area (Å²) in [6.45, 7) is 3.80. The van der Waals surface area contributed by atoms with Gasteiger partial charge in [0, 0.05) is 4.75 Å². The molecular formula is C9H12O2S. The van der Waals surface area contributed by atoms with Gasteiger partial charge in [-0.3, -0.25) is 0 Å². The molecule has 0 amide bonds. The normalized spacial score (nSPS) is 28.3. The number of hydrogen-bond acceptors (Lipinski definition) is 2. The van der Waals surface area contributed by atoms with Crippen molar-refractivity contribution in [3.05, 3.63) is 23.1 Å². The Kier molecular flexibility index (Phi) is 2.62. The maximum Gasteiger partial charge on any atom is 0.341 e. The number of hydrogen-bond donors (Lipinski definition) is 1. The topological polar surface area (TPSA) is 37.3 Å². The van der Waals surface area contributed by atoms with E-state index in [2.05, 4.69) is 6.08 Å². The molecule has 0 aromatic carbocycles. The third kappa shape index (κ3) is 1.91.